The number of rotatable bonds is 7. The van der Waals surface area contributed by atoms with Crippen LogP contribution in [0.2, 0.25) is 0 Å². The second-order valence-corrected chi connectivity index (χ2v) is 5.73. The van der Waals surface area contributed by atoms with Gasteiger partial charge in [-0.3, -0.25) is 14.7 Å². The Morgan fingerprint density at radius 1 is 1.20 bits per heavy atom. The standard InChI is InChI=1S/C17H22N6O2/c24-17(20-13-14-2-1-5-18-12-14)15-3-4-16(22-21-15)19-6-7-23-8-10-25-11-9-23/h1-5,12H,6-11,13H2,(H,19,22)(H,20,24). The van der Waals surface area contributed by atoms with Crippen molar-refractivity contribution in [3.63, 3.8) is 0 Å². The molecule has 2 aromatic heterocycles. The number of anilines is 1. The van der Waals surface area contributed by atoms with E-state index in [0.717, 1.165) is 45.0 Å². The van der Waals surface area contributed by atoms with E-state index in [1.54, 1.807) is 24.5 Å². The highest BCUT2D eigenvalue weighted by atomic mass is 16.5. The van der Waals surface area contributed by atoms with E-state index in [4.69, 9.17) is 4.74 Å². The number of carbonyl (C=O) groups is 1. The summed E-state index contributed by atoms with van der Waals surface area (Å²) in [6.45, 7) is 5.63. The zero-order chi connectivity index (χ0) is 17.3. The summed E-state index contributed by atoms with van der Waals surface area (Å²) in [6.07, 6.45) is 3.41. The van der Waals surface area contributed by atoms with Gasteiger partial charge in [0.15, 0.2) is 5.69 Å². The van der Waals surface area contributed by atoms with Crippen molar-refractivity contribution >= 4 is 11.7 Å². The van der Waals surface area contributed by atoms with Crippen LogP contribution < -0.4 is 10.6 Å². The highest BCUT2D eigenvalue weighted by Crippen LogP contribution is 2.03. The number of nitrogens with one attached hydrogen (secondary N) is 2. The molecule has 1 saturated heterocycles. The largest absolute Gasteiger partial charge is 0.379 e. The van der Waals surface area contributed by atoms with Crippen LogP contribution in [-0.4, -0.2) is 65.4 Å². The van der Waals surface area contributed by atoms with Gasteiger partial charge in [-0.25, -0.2) is 0 Å². The van der Waals surface area contributed by atoms with E-state index in [1.165, 1.54) is 0 Å². The number of carbonyl (C=O) groups excluding carboxylic acids is 1. The fourth-order valence-corrected chi connectivity index (χ4v) is 2.49. The molecular weight excluding hydrogens is 320 g/mol. The summed E-state index contributed by atoms with van der Waals surface area (Å²) in [7, 11) is 0. The summed E-state index contributed by atoms with van der Waals surface area (Å²) in [6, 6.07) is 7.17. The van der Waals surface area contributed by atoms with Gasteiger partial charge < -0.3 is 15.4 Å². The highest BCUT2D eigenvalue weighted by Gasteiger charge is 2.10. The molecule has 8 heteroatoms. The Hall–Kier alpha value is -2.58. The molecule has 0 aliphatic carbocycles. The number of hydrogen-bond acceptors (Lipinski definition) is 7. The fraction of sp³-hybridized carbons (Fsp3) is 0.412. The Kier molecular flexibility index (Phi) is 6.24. The van der Waals surface area contributed by atoms with Crippen molar-refractivity contribution in [3.8, 4) is 0 Å². The van der Waals surface area contributed by atoms with Crippen molar-refractivity contribution in [1.29, 1.82) is 0 Å². The predicted octanol–water partition coefficient (Wildman–Crippen LogP) is 0.546. The van der Waals surface area contributed by atoms with Crippen LogP contribution in [0.1, 0.15) is 16.1 Å². The molecule has 1 fully saturated rings. The van der Waals surface area contributed by atoms with E-state index >= 15 is 0 Å². The second-order valence-electron chi connectivity index (χ2n) is 5.73. The van der Waals surface area contributed by atoms with E-state index in [1.807, 2.05) is 12.1 Å². The molecule has 0 aromatic carbocycles. The molecule has 25 heavy (non-hydrogen) atoms. The third kappa shape index (κ3) is 5.47. The number of ether oxygens (including phenoxy) is 1. The normalized spacial score (nSPS) is 14.9. The minimum absolute atomic E-state index is 0.254. The minimum Gasteiger partial charge on any atom is -0.379 e. The van der Waals surface area contributed by atoms with E-state index in [0.29, 0.717) is 18.1 Å². The molecule has 1 aliphatic rings. The molecule has 0 bridgehead atoms. The molecule has 132 valence electrons. The van der Waals surface area contributed by atoms with Crippen molar-refractivity contribution in [3.05, 3.63) is 47.9 Å². The van der Waals surface area contributed by atoms with Crippen molar-refractivity contribution < 1.29 is 9.53 Å². The molecule has 1 amide bonds. The van der Waals surface area contributed by atoms with Gasteiger partial charge in [0.25, 0.3) is 5.91 Å². The summed E-state index contributed by atoms with van der Waals surface area (Å²) in [5.74, 6) is 0.410. The third-order valence-corrected chi connectivity index (χ3v) is 3.91. The molecule has 8 nitrogen and oxygen atoms in total. The lowest BCUT2D eigenvalue weighted by Gasteiger charge is -2.26. The quantitative estimate of drug-likeness (QED) is 0.759. The molecule has 0 saturated carbocycles. The second kappa shape index (κ2) is 9.05. The third-order valence-electron chi connectivity index (χ3n) is 3.91. The molecule has 3 heterocycles. The number of amides is 1. The fourth-order valence-electron chi connectivity index (χ4n) is 2.49. The van der Waals surface area contributed by atoms with Gasteiger partial charge in [0.1, 0.15) is 5.82 Å². The number of pyridine rings is 1. The molecule has 0 spiro atoms. The first-order valence-corrected chi connectivity index (χ1v) is 8.36. The summed E-state index contributed by atoms with van der Waals surface area (Å²) >= 11 is 0. The molecule has 2 N–H and O–H groups in total. The molecule has 0 unspecified atom stereocenters. The molecule has 3 rings (SSSR count). The van der Waals surface area contributed by atoms with Crippen LogP contribution >= 0.6 is 0 Å². The van der Waals surface area contributed by atoms with Gasteiger partial charge in [0.05, 0.1) is 13.2 Å². The molecular formula is C17H22N6O2. The Morgan fingerprint density at radius 2 is 2.08 bits per heavy atom. The van der Waals surface area contributed by atoms with E-state index in [2.05, 4.69) is 30.7 Å². The lowest BCUT2D eigenvalue weighted by molar-refractivity contribution is 0.0398. The maximum Gasteiger partial charge on any atom is 0.272 e. The Labute approximate surface area is 146 Å². The van der Waals surface area contributed by atoms with Gasteiger partial charge in [0.2, 0.25) is 0 Å². The zero-order valence-corrected chi connectivity index (χ0v) is 14.0. The van der Waals surface area contributed by atoms with Crippen molar-refractivity contribution in [2.45, 2.75) is 6.54 Å². The number of morpholine rings is 1. The van der Waals surface area contributed by atoms with Crippen LogP contribution in [-0.2, 0) is 11.3 Å². The van der Waals surface area contributed by atoms with Gasteiger partial charge in [-0.1, -0.05) is 6.07 Å². The minimum atomic E-state index is -0.254. The van der Waals surface area contributed by atoms with Gasteiger partial charge in [-0.05, 0) is 23.8 Å². The molecule has 0 radical (unpaired) electrons. The Bertz CT molecular complexity index is 659. The first-order valence-electron chi connectivity index (χ1n) is 8.36. The van der Waals surface area contributed by atoms with E-state index < -0.39 is 0 Å². The molecule has 1 aliphatic heterocycles. The van der Waals surface area contributed by atoms with Crippen molar-refractivity contribution in [2.75, 3.05) is 44.7 Å². The summed E-state index contributed by atoms with van der Waals surface area (Å²) < 4.78 is 5.32. The topological polar surface area (TPSA) is 92.3 Å². The Morgan fingerprint density at radius 3 is 2.80 bits per heavy atom. The summed E-state index contributed by atoms with van der Waals surface area (Å²) in [4.78, 5) is 18.4. The van der Waals surface area contributed by atoms with E-state index in [9.17, 15) is 4.79 Å². The van der Waals surface area contributed by atoms with Crippen molar-refractivity contribution in [1.82, 2.24) is 25.4 Å². The monoisotopic (exact) mass is 342 g/mol. The van der Waals surface area contributed by atoms with Crippen LogP contribution in [0.3, 0.4) is 0 Å². The van der Waals surface area contributed by atoms with Gasteiger partial charge in [-0.15, -0.1) is 10.2 Å². The average molecular weight is 342 g/mol. The maximum atomic E-state index is 12.1. The lowest BCUT2D eigenvalue weighted by atomic mass is 10.3. The SMILES string of the molecule is O=C(NCc1cccnc1)c1ccc(NCCN2CCOCC2)nn1. The molecule has 2 aromatic rings. The van der Waals surface area contributed by atoms with Crippen LogP contribution in [0, 0.1) is 0 Å². The van der Waals surface area contributed by atoms with Crippen molar-refractivity contribution in [2.24, 2.45) is 0 Å². The maximum absolute atomic E-state index is 12.1. The number of hydrogen-bond donors (Lipinski definition) is 2. The van der Waals surface area contributed by atoms with E-state index in [-0.39, 0.29) is 5.91 Å². The summed E-state index contributed by atoms with van der Waals surface area (Å²) in [5, 5.41) is 14.1. The molecule has 0 atom stereocenters. The zero-order valence-electron chi connectivity index (χ0n) is 14.0. The Balaban J connectivity index is 1.42. The smallest absolute Gasteiger partial charge is 0.272 e. The number of aromatic nitrogens is 3. The van der Waals surface area contributed by atoms with Crippen LogP contribution in [0.4, 0.5) is 5.82 Å². The van der Waals surface area contributed by atoms with Crippen LogP contribution in [0.25, 0.3) is 0 Å². The van der Waals surface area contributed by atoms with Crippen LogP contribution in [0.5, 0.6) is 0 Å². The first-order chi connectivity index (χ1) is 12.3. The number of nitrogens with zero attached hydrogens (tertiary/aromatic N) is 4. The van der Waals surface area contributed by atoms with Crippen LogP contribution in [0.15, 0.2) is 36.7 Å². The first kappa shape index (κ1) is 17.2. The highest BCUT2D eigenvalue weighted by molar-refractivity contribution is 5.92. The van der Waals surface area contributed by atoms with Gasteiger partial charge in [-0.2, -0.15) is 0 Å². The average Bonchev–Trinajstić information content (AvgIpc) is 2.68. The predicted molar refractivity (Wildman–Crippen MR) is 93.2 cm³/mol. The van der Waals surface area contributed by atoms with Gasteiger partial charge >= 0.3 is 0 Å². The summed E-state index contributed by atoms with van der Waals surface area (Å²) in [5.41, 5.74) is 1.23. The lowest BCUT2D eigenvalue weighted by Crippen LogP contribution is -2.39. The van der Waals surface area contributed by atoms with Gasteiger partial charge in [0, 0.05) is 45.1 Å².